The van der Waals surface area contributed by atoms with E-state index in [4.69, 9.17) is 4.98 Å². The van der Waals surface area contributed by atoms with Crippen molar-refractivity contribution >= 4 is 5.95 Å². The molecular weight excluding hydrogens is 326 g/mol. The first-order chi connectivity index (χ1) is 12.8. The summed E-state index contributed by atoms with van der Waals surface area (Å²) < 4.78 is 1.77. The van der Waals surface area contributed by atoms with Crippen molar-refractivity contribution in [2.24, 2.45) is 0 Å². The van der Waals surface area contributed by atoms with Crippen molar-refractivity contribution in [3.63, 3.8) is 0 Å². The first-order valence-electron chi connectivity index (χ1n) is 8.98. The van der Waals surface area contributed by atoms with Gasteiger partial charge < -0.3 is 4.90 Å². The topological polar surface area (TPSA) is 63.9 Å². The van der Waals surface area contributed by atoms with Crippen molar-refractivity contribution < 1.29 is 0 Å². The largest absolute Gasteiger partial charge is 0.342 e. The molecule has 0 saturated carbocycles. The van der Waals surface area contributed by atoms with Crippen LogP contribution in [0.15, 0.2) is 59.8 Å². The van der Waals surface area contributed by atoms with E-state index in [1.807, 2.05) is 6.07 Å². The van der Waals surface area contributed by atoms with E-state index in [2.05, 4.69) is 39.1 Å². The van der Waals surface area contributed by atoms with E-state index < -0.39 is 0 Å². The lowest BCUT2D eigenvalue weighted by atomic mass is 10.1. The third-order valence-electron chi connectivity index (χ3n) is 4.66. The Kier molecular flexibility index (Phi) is 4.73. The number of rotatable bonds is 5. The van der Waals surface area contributed by atoms with Crippen molar-refractivity contribution in [1.82, 2.24) is 19.5 Å². The lowest BCUT2D eigenvalue weighted by molar-refractivity contribution is 0.527. The van der Waals surface area contributed by atoms with Crippen LogP contribution in [0, 0.1) is 0 Å². The van der Waals surface area contributed by atoms with Crippen molar-refractivity contribution in [3.05, 3.63) is 70.9 Å². The van der Waals surface area contributed by atoms with Crippen LogP contribution in [0.2, 0.25) is 0 Å². The SMILES string of the molecule is O=c1cc(-c2ccncn2)nc2n1CCCN2CCCc1ccccc1. The molecule has 6 nitrogen and oxygen atoms in total. The maximum atomic E-state index is 12.6. The molecule has 0 spiro atoms. The van der Waals surface area contributed by atoms with E-state index in [0.717, 1.165) is 44.8 Å². The predicted molar refractivity (Wildman–Crippen MR) is 101 cm³/mol. The van der Waals surface area contributed by atoms with Gasteiger partial charge >= 0.3 is 0 Å². The van der Waals surface area contributed by atoms with Gasteiger partial charge in [-0.3, -0.25) is 9.36 Å². The summed E-state index contributed by atoms with van der Waals surface area (Å²) in [5, 5.41) is 0. The Hall–Kier alpha value is -3.02. The molecule has 2 aromatic heterocycles. The van der Waals surface area contributed by atoms with Gasteiger partial charge in [0.15, 0.2) is 0 Å². The highest BCUT2D eigenvalue weighted by molar-refractivity contribution is 5.55. The second kappa shape index (κ2) is 7.47. The van der Waals surface area contributed by atoms with Gasteiger partial charge in [-0.05, 0) is 30.9 Å². The first-order valence-corrected chi connectivity index (χ1v) is 8.98. The van der Waals surface area contributed by atoms with Crippen LogP contribution in [-0.2, 0) is 13.0 Å². The zero-order valence-corrected chi connectivity index (χ0v) is 14.6. The molecular formula is C20H21N5O. The molecule has 3 heterocycles. The van der Waals surface area contributed by atoms with Gasteiger partial charge in [-0.1, -0.05) is 30.3 Å². The van der Waals surface area contributed by atoms with Crippen LogP contribution in [0.4, 0.5) is 5.95 Å². The van der Waals surface area contributed by atoms with Gasteiger partial charge in [-0.15, -0.1) is 0 Å². The van der Waals surface area contributed by atoms with Crippen LogP contribution < -0.4 is 10.5 Å². The molecule has 0 aliphatic carbocycles. The standard InChI is InChI=1S/C20H21N5O/c26-19-14-18(17-9-10-21-15-22-17)23-20-24(12-5-13-25(19)20)11-4-8-16-6-2-1-3-7-16/h1-3,6-7,9-10,14-15H,4-5,8,11-13H2. The quantitative estimate of drug-likeness (QED) is 0.710. The van der Waals surface area contributed by atoms with E-state index in [9.17, 15) is 4.79 Å². The Morgan fingerprint density at radius 2 is 1.92 bits per heavy atom. The Morgan fingerprint density at radius 1 is 1.04 bits per heavy atom. The monoisotopic (exact) mass is 347 g/mol. The molecule has 3 aromatic rings. The summed E-state index contributed by atoms with van der Waals surface area (Å²) in [6.07, 6.45) is 6.15. The number of hydrogen-bond donors (Lipinski definition) is 0. The summed E-state index contributed by atoms with van der Waals surface area (Å²) in [6.45, 7) is 2.53. The summed E-state index contributed by atoms with van der Waals surface area (Å²) >= 11 is 0. The number of nitrogens with zero attached hydrogens (tertiary/aromatic N) is 5. The minimum absolute atomic E-state index is 0.0172. The number of aryl methyl sites for hydroxylation is 1. The van der Waals surface area contributed by atoms with Gasteiger partial charge in [-0.25, -0.2) is 15.0 Å². The molecule has 26 heavy (non-hydrogen) atoms. The average molecular weight is 347 g/mol. The Balaban J connectivity index is 1.56. The Bertz CT molecular complexity index is 924. The molecule has 132 valence electrons. The van der Waals surface area contributed by atoms with E-state index in [1.54, 1.807) is 22.9 Å². The normalized spacial score (nSPS) is 13.5. The third kappa shape index (κ3) is 3.49. The fourth-order valence-electron chi connectivity index (χ4n) is 3.37. The molecule has 0 atom stereocenters. The second-order valence-corrected chi connectivity index (χ2v) is 6.46. The van der Waals surface area contributed by atoms with Crippen LogP contribution in [0.5, 0.6) is 0 Å². The molecule has 0 unspecified atom stereocenters. The third-order valence-corrected chi connectivity index (χ3v) is 4.66. The summed E-state index contributed by atoms with van der Waals surface area (Å²) in [5.74, 6) is 0.755. The van der Waals surface area contributed by atoms with Gasteiger partial charge in [0.1, 0.15) is 6.33 Å². The number of fused-ring (bicyclic) bond motifs is 1. The molecule has 0 radical (unpaired) electrons. The van der Waals surface area contributed by atoms with Crippen LogP contribution >= 0.6 is 0 Å². The lowest BCUT2D eigenvalue weighted by Gasteiger charge is -2.31. The maximum Gasteiger partial charge on any atom is 0.255 e. The van der Waals surface area contributed by atoms with Crippen molar-refractivity contribution in [1.29, 1.82) is 0 Å². The molecule has 0 saturated heterocycles. The smallest absolute Gasteiger partial charge is 0.255 e. The van der Waals surface area contributed by atoms with Crippen molar-refractivity contribution in [2.75, 3.05) is 18.0 Å². The number of benzene rings is 1. The lowest BCUT2D eigenvalue weighted by Crippen LogP contribution is -2.39. The van der Waals surface area contributed by atoms with E-state index >= 15 is 0 Å². The molecule has 1 aliphatic rings. The molecule has 0 amide bonds. The van der Waals surface area contributed by atoms with E-state index in [0.29, 0.717) is 11.4 Å². The number of hydrogen-bond acceptors (Lipinski definition) is 5. The predicted octanol–water partition coefficient (Wildman–Crippen LogP) is 2.54. The number of anilines is 1. The van der Waals surface area contributed by atoms with E-state index in [-0.39, 0.29) is 5.56 Å². The molecule has 6 heteroatoms. The molecule has 0 N–H and O–H groups in total. The fourth-order valence-corrected chi connectivity index (χ4v) is 3.37. The van der Waals surface area contributed by atoms with Gasteiger partial charge in [0.2, 0.25) is 5.95 Å². The van der Waals surface area contributed by atoms with Crippen molar-refractivity contribution in [2.45, 2.75) is 25.8 Å². The van der Waals surface area contributed by atoms with Gasteiger partial charge in [-0.2, -0.15) is 0 Å². The van der Waals surface area contributed by atoms with Crippen LogP contribution in [-0.4, -0.2) is 32.6 Å². The molecule has 1 aromatic carbocycles. The Labute approximate surface area is 152 Å². The minimum atomic E-state index is -0.0172. The summed E-state index contributed by atoms with van der Waals surface area (Å²) in [7, 11) is 0. The zero-order chi connectivity index (χ0) is 17.8. The summed E-state index contributed by atoms with van der Waals surface area (Å²) in [4.78, 5) is 27.7. The summed E-state index contributed by atoms with van der Waals surface area (Å²) in [6, 6.07) is 13.8. The number of aromatic nitrogens is 4. The summed E-state index contributed by atoms with van der Waals surface area (Å²) in [5.41, 5.74) is 2.61. The molecule has 0 fully saturated rings. The van der Waals surface area contributed by atoms with Gasteiger partial charge in [0.05, 0.1) is 11.4 Å². The average Bonchev–Trinajstić information content (AvgIpc) is 2.70. The van der Waals surface area contributed by atoms with Crippen LogP contribution in [0.3, 0.4) is 0 Å². The highest BCUT2D eigenvalue weighted by Crippen LogP contribution is 2.21. The van der Waals surface area contributed by atoms with Crippen molar-refractivity contribution in [3.8, 4) is 11.4 Å². The zero-order valence-electron chi connectivity index (χ0n) is 14.6. The fraction of sp³-hybridized carbons (Fsp3) is 0.300. The molecule has 4 rings (SSSR count). The maximum absolute atomic E-state index is 12.6. The highest BCUT2D eigenvalue weighted by atomic mass is 16.1. The highest BCUT2D eigenvalue weighted by Gasteiger charge is 2.20. The second-order valence-electron chi connectivity index (χ2n) is 6.46. The van der Waals surface area contributed by atoms with E-state index in [1.165, 1.54) is 11.9 Å². The molecule has 0 bridgehead atoms. The first kappa shape index (κ1) is 16.4. The van der Waals surface area contributed by atoms with Gasteiger partial charge in [0.25, 0.3) is 5.56 Å². The van der Waals surface area contributed by atoms with Crippen LogP contribution in [0.25, 0.3) is 11.4 Å². The Morgan fingerprint density at radius 3 is 2.73 bits per heavy atom. The van der Waals surface area contributed by atoms with Crippen LogP contribution in [0.1, 0.15) is 18.4 Å². The van der Waals surface area contributed by atoms with Gasteiger partial charge in [0, 0.05) is 31.9 Å². The minimum Gasteiger partial charge on any atom is -0.342 e. The molecule has 1 aliphatic heterocycles.